The fourth-order valence-corrected chi connectivity index (χ4v) is 2.65. The van der Waals surface area contributed by atoms with Crippen LogP contribution in [-0.4, -0.2) is 33.6 Å². The first-order valence-electron chi connectivity index (χ1n) is 7.78. The van der Waals surface area contributed by atoms with E-state index in [0.717, 1.165) is 11.0 Å². The number of anilines is 1. The summed E-state index contributed by atoms with van der Waals surface area (Å²) in [5.41, 5.74) is 2.33. The van der Waals surface area contributed by atoms with E-state index in [4.69, 9.17) is 16.7 Å². The fourth-order valence-electron chi connectivity index (χ4n) is 2.52. The van der Waals surface area contributed by atoms with Crippen molar-refractivity contribution in [1.82, 2.24) is 9.55 Å². The Kier molecular flexibility index (Phi) is 6.99. The van der Waals surface area contributed by atoms with Crippen LogP contribution in [0.5, 0.6) is 0 Å². The number of benzene rings is 2. The van der Waals surface area contributed by atoms with Crippen molar-refractivity contribution < 1.29 is 26.9 Å². The van der Waals surface area contributed by atoms with E-state index in [1.165, 1.54) is 0 Å². The van der Waals surface area contributed by atoms with Gasteiger partial charge in [-0.2, -0.15) is 0 Å². The van der Waals surface area contributed by atoms with Crippen molar-refractivity contribution in [2.75, 3.05) is 18.5 Å². The molecular formula is C18H18BrClN3O2-. The number of aromatic nitrogens is 2. The Bertz CT molecular complexity index is 849. The Balaban J connectivity index is 0.00000225. The zero-order chi connectivity index (χ0) is 16.9. The van der Waals surface area contributed by atoms with E-state index < -0.39 is 0 Å². The minimum Gasteiger partial charge on any atom is -1.00 e. The summed E-state index contributed by atoms with van der Waals surface area (Å²) in [5, 5.41) is 12.7. The summed E-state index contributed by atoms with van der Waals surface area (Å²) in [6, 6.07) is 14.6. The molecule has 7 heteroatoms. The van der Waals surface area contributed by atoms with Gasteiger partial charge in [0.2, 0.25) is 5.95 Å². The number of ketones is 1. The average molecular weight is 424 g/mol. The molecule has 0 aliphatic heterocycles. The highest BCUT2D eigenvalue weighted by molar-refractivity contribution is 6.30. The summed E-state index contributed by atoms with van der Waals surface area (Å²) in [5.74, 6) is 0.618. The Morgan fingerprint density at radius 3 is 2.60 bits per heavy atom. The van der Waals surface area contributed by atoms with Gasteiger partial charge in [0.25, 0.3) is 0 Å². The number of aliphatic hydroxyl groups is 1. The summed E-state index contributed by atoms with van der Waals surface area (Å²) in [6.45, 7) is 0.884. The first-order chi connectivity index (χ1) is 11.7. The molecule has 1 heterocycles. The standard InChI is InChI=1S/C18H18ClN3O2.BrH/c19-14-8-6-13(7-9-14)17(24)12-22-16-5-2-1-4-15(16)21-18(22)20-10-3-11-23;/h1-2,4-9,23H,3,10-12H2,(H,20,21);1H/p-1. The monoisotopic (exact) mass is 422 g/mol. The summed E-state index contributed by atoms with van der Waals surface area (Å²) in [7, 11) is 0. The molecule has 25 heavy (non-hydrogen) atoms. The van der Waals surface area contributed by atoms with Crippen LogP contribution in [0, 0.1) is 0 Å². The summed E-state index contributed by atoms with van der Waals surface area (Å²) in [6.07, 6.45) is 0.619. The molecule has 0 atom stereocenters. The van der Waals surface area contributed by atoms with Gasteiger partial charge in [0.15, 0.2) is 5.78 Å². The van der Waals surface area contributed by atoms with E-state index in [9.17, 15) is 4.79 Å². The molecule has 0 radical (unpaired) electrons. The normalized spacial score (nSPS) is 10.5. The molecule has 0 saturated carbocycles. The number of aliphatic hydroxyl groups excluding tert-OH is 1. The van der Waals surface area contributed by atoms with Gasteiger partial charge in [0.05, 0.1) is 17.6 Å². The number of fused-ring (bicyclic) bond motifs is 1. The van der Waals surface area contributed by atoms with Crippen molar-refractivity contribution in [2.45, 2.75) is 13.0 Å². The average Bonchev–Trinajstić information content (AvgIpc) is 2.93. The molecule has 0 aliphatic rings. The van der Waals surface area contributed by atoms with Crippen molar-refractivity contribution in [3.63, 3.8) is 0 Å². The van der Waals surface area contributed by atoms with Gasteiger partial charge in [0.1, 0.15) is 0 Å². The van der Waals surface area contributed by atoms with Gasteiger partial charge in [-0.3, -0.25) is 4.79 Å². The van der Waals surface area contributed by atoms with Gasteiger partial charge in [-0.25, -0.2) is 4.98 Å². The Hall–Kier alpha value is -1.89. The van der Waals surface area contributed by atoms with Gasteiger partial charge in [-0.05, 0) is 42.8 Å². The fraction of sp³-hybridized carbons (Fsp3) is 0.222. The number of hydrogen-bond acceptors (Lipinski definition) is 4. The molecular weight excluding hydrogens is 406 g/mol. The van der Waals surface area contributed by atoms with E-state index in [0.29, 0.717) is 29.5 Å². The zero-order valence-electron chi connectivity index (χ0n) is 13.5. The van der Waals surface area contributed by atoms with Crippen LogP contribution in [0.2, 0.25) is 5.02 Å². The number of hydrogen-bond donors (Lipinski definition) is 2. The minimum atomic E-state index is -0.0139. The lowest BCUT2D eigenvalue weighted by Crippen LogP contribution is -3.00. The predicted molar refractivity (Wildman–Crippen MR) is 95.7 cm³/mol. The molecule has 1 aromatic heterocycles. The minimum absolute atomic E-state index is 0. The molecule has 0 saturated heterocycles. The van der Waals surface area contributed by atoms with Crippen molar-refractivity contribution >= 4 is 34.4 Å². The maximum Gasteiger partial charge on any atom is 0.204 e. The van der Waals surface area contributed by atoms with Crippen LogP contribution >= 0.6 is 11.6 Å². The Morgan fingerprint density at radius 1 is 1.16 bits per heavy atom. The molecule has 0 unspecified atom stereocenters. The molecule has 2 N–H and O–H groups in total. The van der Waals surface area contributed by atoms with Crippen LogP contribution in [0.3, 0.4) is 0 Å². The molecule has 0 amide bonds. The van der Waals surface area contributed by atoms with Crippen LogP contribution in [0.25, 0.3) is 11.0 Å². The lowest BCUT2D eigenvalue weighted by Gasteiger charge is -2.10. The molecule has 3 aromatic rings. The Labute approximate surface area is 161 Å². The summed E-state index contributed by atoms with van der Waals surface area (Å²) >= 11 is 5.88. The summed E-state index contributed by atoms with van der Waals surface area (Å²) in [4.78, 5) is 17.1. The lowest BCUT2D eigenvalue weighted by atomic mass is 10.1. The van der Waals surface area contributed by atoms with Crippen molar-refractivity contribution in [3.05, 3.63) is 59.1 Å². The van der Waals surface area contributed by atoms with E-state index in [1.807, 2.05) is 28.8 Å². The second kappa shape index (κ2) is 8.99. The van der Waals surface area contributed by atoms with Crippen LogP contribution < -0.4 is 22.3 Å². The Morgan fingerprint density at radius 2 is 1.88 bits per heavy atom. The van der Waals surface area contributed by atoms with E-state index in [1.54, 1.807) is 24.3 Å². The highest BCUT2D eigenvalue weighted by Crippen LogP contribution is 2.20. The van der Waals surface area contributed by atoms with Gasteiger partial charge in [-0.15, -0.1) is 0 Å². The maximum atomic E-state index is 12.6. The number of nitrogens with zero attached hydrogens (tertiary/aromatic N) is 2. The molecule has 0 fully saturated rings. The van der Waals surface area contributed by atoms with Crippen LogP contribution in [0.4, 0.5) is 5.95 Å². The molecule has 5 nitrogen and oxygen atoms in total. The van der Waals surface area contributed by atoms with Crippen molar-refractivity contribution in [1.29, 1.82) is 0 Å². The third kappa shape index (κ3) is 4.60. The molecule has 2 aromatic carbocycles. The summed E-state index contributed by atoms with van der Waals surface area (Å²) < 4.78 is 1.86. The predicted octanol–water partition coefficient (Wildman–Crippen LogP) is 0.371. The number of Topliss-reactive ketones (excluding diaryl/α,β-unsaturated/α-hetero) is 1. The van der Waals surface area contributed by atoms with Crippen LogP contribution in [0.1, 0.15) is 16.8 Å². The number of imidazole rings is 1. The van der Waals surface area contributed by atoms with E-state index >= 15 is 0 Å². The van der Waals surface area contributed by atoms with Crippen LogP contribution in [0.15, 0.2) is 48.5 Å². The number of carbonyl (C=O) groups is 1. The third-order valence-corrected chi connectivity index (χ3v) is 3.99. The number of halogens is 2. The number of para-hydroxylation sites is 2. The van der Waals surface area contributed by atoms with Crippen molar-refractivity contribution in [2.24, 2.45) is 0 Å². The second-order valence-electron chi connectivity index (χ2n) is 5.44. The highest BCUT2D eigenvalue weighted by Gasteiger charge is 2.14. The van der Waals surface area contributed by atoms with Crippen LogP contribution in [-0.2, 0) is 6.54 Å². The number of rotatable bonds is 7. The second-order valence-corrected chi connectivity index (χ2v) is 5.88. The SMILES string of the molecule is O=C(Cn1c(NCCCO)nc2ccccc21)c1ccc(Cl)cc1.[Br-]. The molecule has 0 spiro atoms. The van der Waals surface area contributed by atoms with Gasteiger partial charge in [0, 0.05) is 23.7 Å². The smallest absolute Gasteiger partial charge is 0.204 e. The van der Waals surface area contributed by atoms with Gasteiger partial charge >= 0.3 is 0 Å². The lowest BCUT2D eigenvalue weighted by molar-refractivity contribution is -0.0000138. The van der Waals surface area contributed by atoms with E-state index in [-0.39, 0.29) is 35.9 Å². The first kappa shape index (κ1) is 19.4. The number of nitrogens with one attached hydrogen (secondary N) is 1. The number of carbonyl (C=O) groups excluding carboxylic acids is 1. The third-order valence-electron chi connectivity index (χ3n) is 3.74. The quantitative estimate of drug-likeness (QED) is 0.426. The zero-order valence-corrected chi connectivity index (χ0v) is 15.8. The maximum absolute atomic E-state index is 12.6. The first-order valence-corrected chi connectivity index (χ1v) is 8.15. The van der Waals surface area contributed by atoms with Gasteiger partial charge in [-0.1, -0.05) is 23.7 Å². The topological polar surface area (TPSA) is 67.2 Å². The molecule has 132 valence electrons. The molecule has 0 bridgehead atoms. The largest absolute Gasteiger partial charge is 1.00 e. The highest BCUT2D eigenvalue weighted by atomic mass is 79.9. The molecule has 0 aliphatic carbocycles. The van der Waals surface area contributed by atoms with Crippen molar-refractivity contribution in [3.8, 4) is 0 Å². The molecule has 3 rings (SSSR count). The van der Waals surface area contributed by atoms with Gasteiger partial charge < -0.3 is 32.0 Å². The van der Waals surface area contributed by atoms with E-state index in [2.05, 4.69) is 10.3 Å².